The van der Waals surface area contributed by atoms with E-state index in [4.69, 9.17) is 4.74 Å². The number of hydrogen-bond donors (Lipinski definition) is 1. The molecule has 162 valence electrons. The van der Waals surface area contributed by atoms with E-state index in [1.54, 1.807) is 24.3 Å². The minimum Gasteiger partial charge on any atom is -0.494 e. The first-order valence-corrected chi connectivity index (χ1v) is 10.6. The van der Waals surface area contributed by atoms with Crippen molar-refractivity contribution >= 4 is 21.9 Å². The van der Waals surface area contributed by atoms with Gasteiger partial charge in [-0.3, -0.25) is 9.69 Å². The molecule has 1 fully saturated rings. The predicted octanol–water partition coefficient (Wildman–Crippen LogP) is 5.75. The number of ether oxygens (including phenoxy) is 1. The lowest BCUT2D eigenvalue weighted by Gasteiger charge is -2.38. The van der Waals surface area contributed by atoms with Gasteiger partial charge in [0.25, 0.3) is 0 Å². The third-order valence-electron chi connectivity index (χ3n) is 5.37. The van der Waals surface area contributed by atoms with Gasteiger partial charge in [0.15, 0.2) is 0 Å². The van der Waals surface area contributed by atoms with Crippen LogP contribution in [0.4, 0.5) is 13.2 Å². The molecule has 1 N–H and O–H groups in total. The van der Waals surface area contributed by atoms with Crippen LogP contribution in [0.2, 0.25) is 0 Å². The molecular formula is C22H23BrF3NO3. The molecule has 2 aromatic carbocycles. The van der Waals surface area contributed by atoms with Crippen molar-refractivity contribution in [3.63, 3.8) is 0 Å². The number of benzene rings is 2. The molecule has 1 heterocycles. The quantitative estimate of drug-likeness (QED) is 0.565. The van der Waals surface area contributed by atoms with Crippen LogP contribution in [0.1, 0.15) is 42.5 Å². The number of aliphatic carboxylic acids is 1. The van der Waals surface area contributed by atoms with Gasteiger partial charge >= 0.3 is 12.1 Å². The molecule has 0 saturated carbocycles. The van der Waals surface area contributed by atoms with Gasteiger partial charge in [-0.25, -0.2) is 0 Å². The van der Waals surface area contributed by atoms with Gasteiger partial charge in [-0.1, -0.05) is 34.1 Å². The highest BCUT2D eigenvalue weighted by Crippen LogP contribution is 2.43. The average molecular weight is 486 g/mol. The van der Waals surface area contributed by atoms with Gasteiger partial charge in [-0.2, -0.15) is 13.2 Å². The Balaban J connectivity index is 2.13. The fourth-order valence-corrected chi connectivity index (χ4v) is 4.36. The van der Waals surface area contributed by atoms with E-state index in [9.17, 15) is 23.1 Å². The molecule has 0 amide bonds. The summed E-state index contributed by atoms with van der Waals surface area (Å²) >= 11 is 3.42. The summed E-state index contributed by atoms with van der Waals surface area (Å²) in [4.78, 5) is 13.3. The molecule has 4 nitrogen and oxygen atoms in total. The standard InChI is InChI=1S/C22H23BrF3NO3/c1-2-30-19-8-7-15(23)13-17(19)20(27-11-9-14(10-12-27)21(28)29)16-5-3-4-6-18(16)22(24,25)26/h3-8,13-14,20H,2,9-12H2,1H3,(H,28,29). The lowest BCUT2D eigenvalue weighted by Crippen LogP contribution is -2.40. The number of carboxylic acids is 1. The van der Waals surface area contributed by atoms with Crippen molar-refractivity contribution in [2.45, 2.75) is 32.0 Å². The number of likely N-dealkylation sites (tertiary alicyclic amines) is 1. The SMILES string of the molecule is CCOc1ccc(Br)cc1C(c1ccccc1C(F)(F)F)N1CCC(C(=O)O)CC1. The van der Waals surface area contributed by atoms with E-state index in [1.165, 1.54) is 12.1 Å². The van der Waals surface area contributed by atoms with E-state index in [-0.39, 0.29) is 5.56 Å². The van der Waals surface area contributed by atoms with Crippen LogP contribution < -0.4 is 4.74 Å². The van der Waals surface area contributed by atoms with Gasteiger partial charge in [0.2, 0.25) is 0 Å². The zero-order valence-electron chi connectivity index (χ0n) is 16.5. The number of rotatable bonds is 6. The van der Waals surface area contributed by atoms with Crippen molar-refractivity contribution in [3.05, 3.63) is 63.6 Å². The van der Waals surface area contributed by atoms with E-state index in [1.807, 2.05) is 11.8 Å². The van der Waals surface area contributed by atoms with Gasteiger partial charge in [0, 0.05) is 10.0 Å². The van der Waals surface area contributed by atoms with Crippen molar-refractivity contribution in [1.29, 1.82) is 0 Å². The Kier molecular flexibility index (Phi) is 7.08. The second kappa shape index (κ2) is 9.39. The smallest absolute Gasteiger partial charge is 0.416 e. The molecule has 0 aliphatic carbocycles. The summed E-state index contributed by atoms with van der Waals surface area (Å²) in [5, 5.41) is 9.30. The monoisotopic (exact) mass is 485 g/mol. The Morgan fingerprint density at radius 1 is 1.20 bits per heavy atom. The summed E-state index contributed by atoms with van der Waals surface area (Å²) in [6.45, 7) is 2.96. The van der Waals surface area contributed by atoms with Gasteiger partial charge < -0.3 is 9.84 Å². The Morgan fingerprint density at radius 3 is 2.47 bits per heavy atom. The van der Waals surface area contributed by atoms with Crippen LogP contribution in [0, 0.1) is 5.92 Å². The third-order valence-corrected chi connectivity index (χ3v) is 5.86. The summed E-state index contributed by atoms with van der Waals surface area (Å²) in [5.74, 6) is -0.823. The number of piperidine rings is 1. The highest BCUT2D eigenvalue weighted by Gasteiger charge is 2.39. The van der Waals surface area contributed by atoms with Crippen LogP contribution in [0.15, 0.2) is 46.9 Å². The molecule has 0 aromatic heterocycles. The normalized spacial score (nSPS) is 17.0. The first kappa shape index (κ1) is 22.6. The fraction of sp³-hybridized carbons (Fsp3) is 0.409. The minimum atomic E-state index is -4.51. The highest BCUT2D eigenvalue weighted by atomic mass is 79.9. The minimum absolute atomic E-state index is 0.137. The van der Waals surface area contributed by atoms with Crippen molar-refractivity contribution in [3.8, 4) is 5.75 Å². The van der Waals surface area contributed by atoms with Crippen LogP contribution in [0.3, 0.4) is 0 Å². The maximum absolute atomic E-state index is 13.9. The number of nitrogens with zero attached hydrogens (tertiary/aromatic N) is 1. The Hall–Kier alpha value is -2.06. The summed E-state index contributed by atoms with van der Waals surface area (Å²) in [5.41, 5.74) is 0.0623. The van der Waals surface area contributed by atoms with Gasteiger partial charge in [-0.05, 0) is 62.7 Å². The molecule has 0 spiro atoms. The number of alkyl halides is 3. The zero-order chi connectivity index (χ0) is 21.9. The largest absolute Gasteiger partial charge is 0.494 e. The predicted molar refractivity (Wildman–Crippen MR) is 111 cm³/mol. The van der Waals surface area contributed by atoms with E-state index in [0.717, 1.165) is 10.5 Å². The first-order valence-electron chi connectivity index (χ1n) is 9.77. The van der Waals surface area contributed by atoms with Crippen LogP contribution in [0.25, 0.3) is 0 Å². The van der Waals surface area contributed by atoms with Crippen LogP contribution >= 0.6 is 15.9 Å². The lowest BCUT2D eigenvalue weighted by molar-refractivity contribution is -0.143. The van der Waals surface area contributed by atoms with Crippen molar-refractivity contribution in [1.82, 2.24) is 4.90 Å². The van der Waals surface area contributed by atoms with Crippen LogP contribution in [0.5, 0.6) is 5.75 Å². The molecule has 0 bridgehead atoms. The molecular weight excluding hydrogens is 463 g/mol. The number of hydrogen-bond acceptors (Lipinski definition) is 3. The third kappa shape index (κ3) is 4.98. The molecule has 3 rings (SSSR count). The number of carboxylic acid groups (broad SMARTS) is 1. The molecule has 30 heavy (non-hydrogen) atoms. The van der Waals surface area contributed by atoms with E-state index >= 15 is 0 Å². The van der Waals surface area contributed by atoms with Crippen LogP contribution in [-0.4, -0.2) is 35.7 Å². The zero-order valence-corrected chi connectivity index (χ0v) is 18.0. The van der Waals surface area contributed by atoms with Crippen molar-refractivity contribution < 1.29 is 27.8 Å². The fourth-order valence-electron chi connectivity index (χ4n) is 3.98. The first-order chi connectivity index (χ1) is 14.2. The van der Waals surface area contributed by atoms with E-state index in [0.29, 0.717) is 43.9 Å². The van der Waals surface area contributed by atoms with Crippen molar-refractivity contribution in [2.24, 2.45) is 5.92 Å². The molecule has 1 saturated heterocycles. The Labute approximate surface area is 181 Å². The molecule has 2 aromatic rings. The molecule has 0 radical (unpaired) electrons. The molecule has 1 atom stereocenters. The summed E-state index contributed by atoms with van der Waals surface area (Å²) < 4.78 is 48.0. The Bertz CT molecular complexity index is 895. The molecule has 1 aliphatic rings. The maximum atomic E-state index is 13.9. The summed E-state index contributed by atoms with van der Waals surface area (Å²) in [6.07, 6.45) is -3.73. The maximum Gasteiger partial charge on any atom is 0.416 e. The highest BCUT2D eigenvalue weighted by molar-refractivity contribution is 9.10. The second-order valence-corrected chi connectivity index (χ2v) is 8.17. The van der Waals surface area contributed by atoms with Gasteiger partial charge in [-0.15, -0.1) is 0 Å². The number of carbonyl (C=O) groups is 1. The molecule has 1 unspecified atom stereocenters. The summed E-state index contributed by atoms with van der Waals surface area (Å²) in [7, 11) is 0. The van der Waals surface area contributed by atoms with Crippen LogP contribution in [-0.2, 0) is 11.0 Å². The molecule has 8 heteroatoms. The number of halogens is 4. The van der Waals surface area contributed by atoms with Crippen molar-refractivity contribution in [2.75, 3.05) is 19.7 Å². The topological polar surface area (TPSA) is 49.8 Å². The molecule has 1 aliphatic heterocycles. The van der Waals surface area contributed by atoms with E-state index in [2.05, 4.69) is 15.9 Å². The average Bonchev–Trinajstić information content (AvgIpc) is 2.70. The second-order valence-electron chi connectivity index (χ2n) is 7.25. The van der Waals surface area contributed by atoms with Gasteiger partial charge in [0.05, 0.1) is 24.1 Å². The lowest BCUT2D eigenvalue weighted by atomic mass is 9.88. The van der Waals surface area contributed by atoms with Gasteiger partial charge in [0.1, 0.15) is 5.75 Å². The summed E-state index contributed by atoms with van der Waals surface area (Å²) in [6, 6.07) is 10.2. The Morgan fingerprint density at radius 2 is 1.87 bits per heavy atom. The van der Waals surface area contributed by atoms with E-state index < -0.39 is 29.7 Å².